The second kappa shape index (κ2) is 8.05. The molecule has 1 aliphatic rings. The van der Waals surface area contributed by atoms with Crippen LogP contribution < -0.4 is 4.74 Å². The minimum Gasteiger partial charge on any atom is -0.492 e. The van der Waals surface area contributed by atoms with Gasteiger partial charge in [-0.05, 0) is 55.8 Å². The van der Waals surface area contributed by atoms with Gasteiger partial charge in [0.15, 0.2) is 11.5 Å². The summed E-state index contributed by atoms with van der Waals surface area (Å²) in [6, 6.07) is 14.2. The van der Waals surface area contributed by atoms with Gasteiger partial charge >= 0.3 is 0 Å². The monoisotopic (exact) mass is 388 g/mol. The minimum absolute atomic E-state index is 0.681. The molecule has 1 aromatic carbocycles. The maximum atomic E-state index is 5.89. The van der Waals surface area contributed by atoms with E-state index >= 15 is 0 Å². The number of aromatic nitrogens is 5. The second-order valence-electron chi connectivity index (χ2n) is 7.41. The third kappa shape index (κ3) is 4.00. The largest absolute Gasteiger partial charge is 0.492 e. The van der Waals surface area contributed by atoms with Crippen LogP contribution in [0.5, 0.6) is 5.75 Å². The highest BCUT2D eigenvalue weighted by atomic mass is 16.5. The Bertz CT molecular complexity index is 1060. The first-order chi connectivity index (χ1) is 14.3. The van der Waals surface area contributed by atoms with Crippen LogP contribution in [0, 0.1) is 0 Å². The molecule has 0 amide bonds. The summed E-state index contributed by atoms with van der Waals surface area (Å²) in [7, 11) is 0. The van der Waals surface area contributed by atoms with Crippen LogP contribution in [0.3, 0.4) is 0 Å². The number of ether oxygens (including phenoxy) is 1. The van der Waals surface area contributed by atoms with Crippen LogP contribution in [0.15, 0.2) is 54.9 Å². The van der Waals surface area contributed by atoms with Gasteiger partial charge in [0.25, 0.3) is 0 Å². The first-order valence-electron chi connectivity index (χ1n) is 10.1. The molecule has 0 unspecified atom stereocenters. The molecule has 7 nitrogen and oxygen atoms in total. The van der Waals surface area contributed by atoms with Crippen LogP contribution in [0.25, 0.3) is 16.9 Å². The lowest BCUT2D eigenvalue weighted by Gasteiger charge is -2.14. The highest BCUT2D eigenvalue weighted by Gasteiger charge is 2.12. The zero-order valence-electron chi connectivity index (χ0n) is 16.3. The number of rotatable bonds is 7. The molecule has 1 saturated heterocycles. The molecule has 1 fully saturated rings. The fourth-order valence-electron chi connectivity index (χ4n) is 3.82. The maximum Gasteiger partial charge on any atom is 0.156 e. The highest BCUT2D eigenvalue weighted by molar-refractivity contribution is 5.61. The summed E-state index contributed by atoms with van der Waals surface area (Å²) < 4.78 is 7.76. The summed E-state index contributed by atoms with van der Waals surface area (Å²) in [4.78, 5) is 7.14. The Morgan fingerprint density at radius 3 is 2.69 bits per heavy atom. The fraction of sp³-hybridized carbons (Fsp3) is 0.318. The van der Waals surface area contributed by atoms with E-state index in [-0.39, 0.29) is 0 Å². The molecule has 4 aromatic rings. The highest BCUT2D eigenvalue weighted by Crippen LogP contribution is 2.20. The molecule has 29 heavy (non-hydrogen) atoms. The molecule has 4 heterocycles. The smallest absolute Gasteiger partial charge is 0.156 e. The summed E-state index contributed by atoms with van der Waals surface area (Å²) in [5, 5.41) is 11.6. The Hall–Kier alpha value is -3.19. The molecule has 148 valence electrons. The molecule has 0 atom stereocenters. The Labute approximate surface area is 169 Å². The number of likely N-dealkylation sites (tertiary alicyclic amines) is 1. The van der Waals surface area contributed by atoms with Gasteiger partial charge < -0.3 is 4.74 Å². The summed E-state index contributed by atoms with van der Waals surface area (Å²) in [5.41, 5.74) is 3.96. The fourth-order valence-corrected chi connectivity index (χ4v) is 3.82. The van der Waals surface area contributed by atoms with E-state index in [4.69, 9.17) is 9.84 Å². The van der Waals surface area contributed by atoms with E-state index in [0.717, 1.165) is 47.2 Å². The summed E-state index contributed by atoms with van der Waals surface area (Å²) >= 11 is 0. The van der Waals surface area contributed by atoms with Crippen molar-refractivity contribution in [1.82, 2.24) is 29.7 Å². The number of hydrogen-bond acceptors (Lipinski definition) is 5. The van der Waals surface area contributed by atoms with Crippen molar-refractivity contribution in [3.8, 4) is 17.0 Å². The van der Waals surface area contributed by atoms with E-state index in [1.807, 2.05) is 41.0 Å². The maximum absolute atomic E-state index is 5.89. The van der Waals surface area contributed by atoms with E-state index in [0.29, 0.717) is 6.42 Å². The summed E-state index contributed by atoms with van der Waals surface area (Å²) in [5.74, 6) is 1.71. The molecular formula is C22H24N6O. The van der Waals surface area contributed by atoms with Gasteiger partial charge in [-0.1, -0.05) is 18.2 Å². The number of hydrogen-bond donors (Lipinski definition) is 1. The number of nitrogens with zero attached hydrogens (tertiary/aromatic N) is 5. The molecule has 0 radical (unpaired) electrons. The molecule has 0 saturated carbocycles. The summed E-state index contributed by atoms with van der Waals surface area (Å²) in [6.45, 7) is 4.16. The van der Waals surface area contributed by atoms with Crippen molar-refractivity contribution in [2.75, 3.05) is 26.2 Å². The standard InChI is InChI=1S/C22H24N6O/c1-2-11-27(10-1)12-13-29-19-8-6-17(7-9-19)14-21-25-22-5-3-4-20(28(22)26-21)18-15-23-24-16-18/h3-9,15-16H,1-2,10-14H2,(H,23,24). The lowest BCUT2D eigenvalue weighted by Crippen LogP contribution is -2.25. The van der Waals surface area contributed by atoms with Gasteiger partial charge in [0.2, 0.25) is 0 Å². The third-order valence-corrected chi connectivity index (χ3v) is 5.36. The number of aromatic amines is 1. The molecule has 1 aliphatic heterocycles. The lowest BCUT2D eigenvalue weighted by molar-refractivity contribution is 0.238. The van der Waals surface area contributed by atoms with E-state index in [1.165, 1.54) is 25.9 Å². The second-order valence-corrected chi connectivity index (χ2v) is 7.41. The van der Waals surface area contributed by atoms with Crippen LogP contribution >= 0.6 is 0 Å². The van der Waals surface area contributed by atoms with Crippen molar-refractivity contribution in [2.24, 2.45) is 0 Å². The summed E-state index contributed by atoms with van der Waals surface area (Å²) in [6.07, 6.45) is 6.96. The molecule has 0 bridgehead atoms. The van der Waals surface area contributed by atoms with E-state index < -0.39 is 0 Å². The molecule has 0 spiro atoms. The van der Waals surface area contributed by atoms with Crippen LogP contribution in [0.1, 0.15) is 24.2 Å². The average molecular weight is 388 g/mol. The normalized spacial score (nSPS) is 14.6. The van der Waals surface area contributed by atoms with E-state index in [1.54, 1.807) is 6.20 Å². The van der Waals surface area contributed by atoms with Crippen LogP contribution in [-0.2, 0) is 6.42 Å². The first kappa shape index (κ1) is 17.9. The van der Waals surface area contributed by atoms with E-state index in [2.05, 4.69) is 32.2 Å². The van der Waals surface area contributed by atoms with Crippen molar-refractivity contribution in [3.63, 3.8) is 0 Å². The van der Waals surface area contributed by atoms with Crippen molar-refractivity contribution in [3.05, 3.63) is 66.2 Å². The molecule has 0 aliphatic carbocycles. The number of fused-ring (bicyclic) bond motifs is 1. The molecular weight excluding hydrogens is 364 g/mol. The predicted octanol–water partition coefficient (Wildman–Crippen LogP) is 3.18. The van der Waals surface area contributed by atoms with Crippen molar-refractivity contribution >= 4 is 5.65 Å². The van der Waals surface area contributed by atoms with Gasteiger partial charge in [-0.3, -0.25) is 10.00 Å². The zero-order valence-corrected chi connectivity index (χ0v) is 16.3. The van der Waals surface area contributed by atoms with Gasteiger partial charge in [0.1, 0.15) is 12.4 Å². The van der Waals surface area contributed by atoms with Gasteiger partial charge in [0.05, 0.1) is 11.9 Å². The number of H-pyrrole nitrogens is 1. The first-order valence-corrected chi connectivity index (χ1v) is 10.1. The average Bonchev–Trinajstić information content (AvgIpc) is 3.50. The minimum atomic E-state index is 0.681. The van der Waals surface area contributed by atoms with Gasteiger partial charge in [0, 0.05) is 24.7 Å². The van der Waals surface area contributed by atoms with Gasteiger partial charge in [-0.15, -0.1) is 0 Å². The Balaban J connectivity index is 1.25. The number of benzene rings is 1. The zero-order chi connectivity index (χ0) is 19.5. The molecule has 1 N–H and O–H groups in total. The molecule has 5 rings (SSSR count). The molecule has 3 aromatic heterocycles. The topological polar surface area (TPSA) is 71.3 Å². The lowest BCUT2D eigenvalue weighted by atomic mass is 10.1. The Morgan fingerprint density at radius 1 is 1.03 bits per heavy atom. The van der Waals surface area contributed by atoms with E-state index in [9.17, 15) is 0 Å². The quantitative estimate of drug-likeness (QED) is 0.526. The van der Waals surface area contributed by atoms with Crippen molar-refractivity contribution in [2.45, 2.75) is 19.3 Å². The number of nitrogens with one attached hydrogen (secondary N) is 1. The van der Waals surface area contributed by atoms with Crippen LogP contribution in [0.2, 0.25) is 0 Å². The number of pyridine rings is 1. The van der Waals surface area contributed by atoms with Crippen LogP contribution in [-0.4, -0.2) is 55.9 Å². The van der Waals surface area contributed by atoms with Crippen molar-refractivity contribution in [1.29, 1.82) is 0 Å². The Kier molecular flexibility index (Phi) is 4.96. The Morgan fingerprint density at radius 2 is 1.90 bits per heavy atom. The van der Waals surface area contributed by atoms with Gasteiger partial charge in [-0.2, -0.15) is 10.2 Å². The SMILES string of the molecule is c1cc(-c2cn[nH]c2)n2nc(Cc3ccc(OCCN4CCCC4)cc3)nc2c1. The third-order valence-electron chi connectivity index (χ3n) is 5.36. The molecule has 7 heteroatoms. The predicted molar refractivity (Wildman–Crippen MR) is 111 cm³/mol. The van der Waals surface area contributed by atoms with Crippen LogP contribution in [0.4, 0.5) is 0 Å². The van der Waals surface area contributed by atoms with Crippen molar-refractivity contribution < 1.29 is 4.74 Å². The van der Waals surface area contributed by atoms with Gasteiger partial charge in [-0.25, -0.2) is 9.50 Å².